The summed E-state index contributed by atoms with van der Waals surface area (Å²) < 4.78 is 5.97. The van der Waals surface area contributed by atoms with E-state index in [1.54, 1.807) is 78.0 Å². The van der Waals surface area contributed by atoms with E-state index in [1.165, 1.54) is 0 Å². The Bertz CT molecular complexity index is 1810. The van der Waals surface area contributed by atoms with Crippen molar-refractivity contribution in [3.05, 3.63) is 168 Å². The van der Waals surface area contributed by atoms with Gasteiger partial charge in [0.1, 0.15) is 11.8 Å². The summed E-state index contributed by atoms with van der Waals surface area (Å²) in [5, 5.41) is 13.1. The minimum absolute atomic E-state index is 0.0966. The lowest BCUT2D eigenvalue weighted by molar-refractivity contribution is -0.137. The Balaban J connectivity index is 1.16. The molecule has 1 atom stereocenters. The highest BCUT2D eigenvalue weighted by atomic mass is 16.5. The van der Waals surface area contributed by atoms with Crippen LogP contribution >= 0.6 is 0 Å². The van der Waals surface area contributed by atoms with Gasteiger partial charge in [-0.15, -0.1) is 0 Å². The first-order chi connectivity index (χ1) is 23.5. The summed E-state index contributed by atoms with van der Waals surface area (Å²) in [6, 6.07) is 35.7. The Morgan fingerprint density at radius 3 is 2.23 bits per heavy atom. The van der Waals surface area contributed by atoms with Gasteiger partial charge in [-0.05, 0) is 59.5 Å². The van der Waals surface area contributed by atoms with Crippen LogP contribution in [0, 0.1) is 0 Å². The van der Waals surface area contributed by atoms with Crippen LogP contribution in [0.4, 0.5) is 5.69 Å². The topological polar surface area (TPSA) is 109 Å². The average Bonchev–Trinajstić information content (AvgIpc) is 3.13. The van der Waals surface area contributed by atoms with Crippen LogP contribution in [0.2, 0.25) is 0 Å². The van der Waals surface area contributed by atoms with E-state index in [0.717, 1.165) is 16.7 Å². The van der Waals surface area contributed by atoms with Crippen molar-refractivity contribution in [2.75, 3.05) is 18.5 Å². The van der Waals surface area contributed by atoms with Crippen LogP contribution < -0.4 is 10.1 Å². The lowest BCUT2D eigenvalue weighted by Crippen LogP contribution is -2.32. The minimum Gasteiger partial charge on any atom is -0.494 e. The number of para-hydroxylation sites is 1. The van der Waals surface area contributed by atoms with Crippen molar-refractivity contribution in [1.82, 2.24) is 9.88 Å². The van der Waals surface area contributed by atoms with E-state index in [2.05, 4.69) is 10.3 Å². The summed E-state index contributed by atoms with van der Waals surface area (Å²) in [5.74, 6) is -0.657. The molecule has 242 valence electrons. The van der Waals surface area contributed by atoms with Crippen LogP contribution in [0.5, 0.6) is 5.75 Å². The molecule has 0 radical (unpaired) electrons. The summed E-state index contributed by atoms with van der Waals surface area (Å²) in [4.78, 5) is 44.3. The van der Waals surface area contributed by atoms with Crippen LogP contribution in [0.1, 0.15) is 39.0 Å². The lowest BCUT2D eigenvalue weighted by atomic mass is 10.00. The number of aromatic nitrogens is 1. The Labute approximate surface area is 280 Å². The second-order valence-corrected chi connectivity index (χ2v) is 11.2. The number of ketones is 1. The molecule has 0 saturated carbocycles. The number of pyridine rings is 1. The van der Waals surface area contributed by atoms with Gasteiger partial charge in [-0.1, -0.05) is 91.0 Å². The Morgan fingerprint density at radius 2 is 1.52 bits per heavy atom. The first kappa shape index (κ1) is 33.3. The molecule has 1 aromatic heterocycles. The maximum atomic E-state index is 13.1. The Hall–Kier alpha value is -6.02. The fourth-order valence-corrected chi connectivity index (χ4v) is 5.16. The molecule has 8 heteroatoms. The van der Waals surface area contributed by atoms with Gasteiger partial charge in [0.2, 0.25) is 5.91 Å². The molecule has 5 rings (SSSR count). The number of aliphatic carboxylic acids is 1. The SMILES string of the molecule is O=C(c1ccccc1)c1ccccc1NC(Cc1ccc(OCCCN(Cc2ccccc2)C(=O)C=Cc2cccnc2)cc1)C(=O)O. The fourth-order valence-electron chi connectivity index (χ4n) is 5.16. The molecule has 0 bridgehead atoms. The summed E-state index contributed by atoms with van der Waals surface area (Å²) >= 11 is 0. The minimum atomic E-state index is -1.03. The predicted molar refractivity (Wildman–Crippen MR) is 187 cm³/mol. The summed E-state index contributed by atoms with van der Waals surface area (Å²) in [5.41, 5.74) is 4.10. The predicted octanol–water partition coefficient (Wildman–Crippen LogP) is 6.93. The summed E-state index contributed by atoms with van der Waals surface area (Å²) in [6.07, 6.45) is 7.55. The first-order valence-corrected chi connectivity index (χ1v) is 15.8. The number of ether oxygens (including phenoxy) is 1. The molecule has 0 aliphatic carbocycles. The number of nitrogens with zero attached hydrogens (tertiary/aromatic N) is 2. The van der Waals surface area contributed by atoms with Crippen molar-refractivity contribution in [3.63, 3.8) is 0 Å². The third kappa shape index (κ3) is 9.74. The number of hydrogen-bond acceptors (Lipinski definition) is 6. The molecule has 4 aromatic carbocycles. The van der Waals surface area contributed by atoms with E-state index in [-0.39, 0.29) is 18.1 Å². The highest BCUT2D eigenvalue weighted by Gasteiger charge is 2.21. The third-order valence-electron chi connectivity index (χ3n) is 7.67. The van der Waals surface area contributed by atoms with E-state index in [1.807, 2.05) is 72.8 Å². The first-order valence-electron chi connectivity index (χ1n) is 15.8. The van der Waals surface area contributed by atoms with Crippen LogP contribution in [-0.2, 0) is 22.6 Å². The smallest absolute Gasteiger partial charge is 0.326 e. The number of carbonyl (C=O) groups is 3. The summed E-state index contributed by atoms with van der Waals surface area (Å²) in [7, 11) is 0. The normalized spacial score (nSPS) is 11.5. The maximum Gasteiger partial charge on any atom is 0.326 e. The molecule has 48 heavy (non-hydrogen) atoms. The number of carboxylic acid groups (broad SMARTS) is 1. The van der Waals surface area contributed by atoms with Gasteiger partial charge in [-0.2, -0.15) is 0 Å². The largest absolute Gasteiger partial charge is 0.494 e. The van der Waals surface area contributed by atoms with E-state index in [0.29, 0.717) is 48.7 Å². The molecule has 1 unspecified atom stereocenters. The van der Waals surface area contributed by atoms with Gasteiger partial charge in [0.15, 0.2) is 5.78 Å². The van der Waals surface area contributed by atoms with E-state index in [9.17, 15) is 19.5 Å². The van der Waals surface area contributed by atoms with Gasteiger partial charge in [-0.25, -0.2) is 4.79 Å². The zero-order chi connectivity index (χ0) is 33.6. The highest BCUT2D eigenvalue weighted by Crippen LogP contribution is 2.22. The fraction of sp³-hybridized carbons (Fsp3) is 0.150. The number of nitrogens with one attached hydrogen (secondary N) is 1. The van der Waals surface area contributed by atoms with Gasteiger partial charge in [-0.3, -0.25) is 14.6 Å². The second-order valence-electron chi connectivity index (χ2n) is 11.2. The van der Waals surface area contributed by atoms with Crippen LogP contribution in [0.25, 0.3) is 6.08 Å². The van der Waals surface area contributed by atoms with Gasteiger partial charge < -0.3 is 20.1 Å². The molecule has 0 fully saturated rings. The number of rotatable bonds is 16. The van der Waals surface area contributed by atoms with Gasteiger partial charge in [0, 0.05) is 54.8 Å². The Morgan fingerprint density at radius 1 is 0.812 bits per heavy atom. The van der Waals surface area contributed by atoms with Gasteiger partial charge >= 0.3 is 5.97 Å². The molecule has 1 heterocycles. The highest BCUT2D eigenvalue weighted by molar-refractivity contribution is 6.12. The molecular weight excluding hydrogens is 602 g/mol. The zero-order valence-corrected chi connectivity index (χ0v) is 26.4. The molecule has 2 N–H and O–H groups in total. The van der Waals surface area contributed by atoms with Crippen molar-refractivity contribution < 1.29 is 24.2 Å². The van der Waals surface area contributed by atoms with Crippen molar-refractivity contribution >= 4 is 29.4 Å². The molecular formula is C40H37N3O5. The maximum absolute atomic E-state index is 13.1. The average molecular weight is 640 g/mol. The number of amides is 1. The number of carboxylic acids is 1. The third-order valence-corrected chi connectivity index (χ3v) is 7.67. The summed E-state index contributed by atoms with van der Waals surface area (Å²) in [6.45, 7) is 1.38. The van der Waals surface area contributed by atoms with Crippen LogP contribution in [0.15, 0.2) is 140 Å². The van der Waals surface area contributed by atoms with Gasteiger partial charge in [0.05, 0.1) is 6.61 Å². The lowest BCUT2D eigenvalue weighted by Gasteiger charge is -2.21. The molecule has 0 saturated heterocycles. The number of benzene rings is 4. The van der Waals surface area contributed by atoms with Crippen LogP contribution in [-0.4, -0.2) is 51.8 Å². The molecule has 0 spiro atoms. The van der Waals surface area contributed by atoms with Crippen molar-refractivity contribution in [3.8, 4) is 5.75 Å². The van der Waals surface area contributed by atoms with Crippen molar-refractivity contribution in [2.45, 2.75) is 25.4 Å². The molecule has 5 aromatic rings. The molecule has 0 aliphatic heterocycles. The van der Waals surface area contributed by atoms with E-state index < -0.39 is 12.0 Å². The molecule has 1 amide bonds. The zero-order valence-electron chi connectivity index (χ0n) is 26.4. The van der Waals surface area contributed by atoms with Crippen molar-refractivity contribution in [1.29, 1.82) is 0 Å². The van der Waals surface area contributed by atoms with E-state index in [4.69, 9.17) is 4.74 Å². The van der Waals surface area contributed by atoms with Gasteiger partial charge in [0.25, 0.3) is 0 Å². The standard InChI is InChI=1S/C40H37N3O5/c44-38(23-20-31-13-9-24-41-28-31)43(29-32-11-3-1-4-12-32)25-10-26-48-34-21-18-30(19-22-34)27-37(40(46)47)42-36-17-8-7-16-35(36)39(45)33-14-5-2-6-15-33/h1-9,11-24,28,37,42H,10,25-27,29H2,(H,46,47). The van der Waals surface area contributed by atoms with Crippen molar-refractivity contribution in [2.24, 2.45) is 0 Å². The van der Waals surface area contributed by atoms with Crippen LogP contribution in [0.3, 0.4) is 0 Å². The van der Waals surface area contributed by atoms with E-state index >= 15 is 0 Å². The molecule has 8 nitrogen and oxygen atoms in total. The quantitative estimate of drug-likeness (QED) is 0.0685. The number of hydrogen-bond donors (Lipinski definition) is 2. The number of anilines is 1. The second kappa shape index (κ2) is 17.1. The molecule has 0 aliphatic rings. The Kier molecular flexibility index (Phi) is 11.8. The number of carbonyl (C=O) groups excluding carboxylic acids is 2. The monoisotopic (exact) mass is 639 g/mol.